The van der Waals surface area contributed by atoms with Crippen LogP contribution >= 0.6 is 0 Å². The molecule has 1 fully saturated rings. The summed E-state index contributed by atoms with van der Waals surface area (Å²) in [6, 6.07) is 0. The minimum Gasteiger partial charge on any atom is -0.464 e. The van der Waals surface area contributed by atoms with Crippen LogP contribution in [0.5, 0.6) is 0 Å². The van der Waals surface area contributed by atoms with E-state index in [0.29, 0.717) is 0 Å². The number of amides is 3. The predicted molar refractivity (Wildman–Crippen MR) is 28.8 cm³/mol. The minimum absolute atomic E-state index is 0.106. The van der Waals surface area contributed by atoms with Crippen molar-refractivity contribution < 1.29 is 19.5 Å². The molecule has 0 aliphatic carbocycles. The standard InChI is InChI=1S/C5H4NO4/c7-3-1-2-4(8)6(3)5(9)10/h1H,2H2,(H,9,10). The summed E-state index contributed by atoms with van der Waals surface area (Å²) in [5.74, 6) is -1.44. The van der Waals surface area contributed by atoms with Gasteiger partial charge in [-0.1, -0.05) is 0 Å². The third-order valence-corrected chi connectivity index (χ3v) is 1.11. The van der Waals surface area contributed by atoms with Crippen molar-refractivity contribution in [3.05, 3.63) is 6.42 Å². The van der Waals surface area contributed by atoms with E-state index in [0.717, 1.165) is 6.42 Å². The highest BCUT2D eigenvalue weighted by molar-refractivity contribution is 6.16. The number of imide groups is 3. The molecule has 5 heteroatoms. The number of hydrogen-bond acceptors (Lipinski definition) is 3. The molecule has 1 saturated heterocycles. The molecule has 1 heterocycles. The van der Waals surface area contributed by atoms with Crippen LogP contribution in [-0.4, -0.2) is 27.9 Å². The molecule has 53 valence electrons. The summed E-state index contributed by atoms with van der Waals surface area (Å²) < 4.78 is 0. The van der Waals surface area contributed by atoms with E-state index in [9.17, 15) is 14.4 Å². The van der Waals surface area contributed by atoms with Gasteiger partial charge in [0.05, 0.1) is 6.42 Å². The highest BCUT2D eigenvalue weighted by atomic mass is 16.4. The van der Waals surface area contributed by atoms with E-state index in [2.05, 4.69) is 0 Å². The molecular formula is C5H4NO4. The fraction of sp³-hybridized carbons (Fsp3) is 0.200. The van der Waals surface area contributed by atoms with Crippen LogP contribution in [0.2, 0.25) is 0 Å². The molecule has 1 rings (SSSR count). The zero-order valence-electron chi connectivity index (χ0n) is 4.90. The van der Waals surface area contributed by atoms with Crippen molar-refractivity contribution in [2.45, 2.75) is 6.42 Å². The summed E-state index contributed by atoms with van der Waals surface area (Å²) >= 11 is 0. The van der Waals surface area contributed by atoms with Crippen molar-refractivity contribution in [3.8, 4) is 0 Å². The van der Waals surface area contributed by atoms with Gasteiger partial charge >= 0.3 is 6.09 Å². The average Bonchev–Trinajstić information content (AvgIpc) is 2.11. The molecule has 0 aromatic heterocycles. The van der Waals surface area contributed by atoms with Crippen LogP contribution in [-0.2, 0) is 9.59 Å². The molecule has 0 spiro atoms. The Morgan fingerprint density at radius 2 is 2.20 bits per heavy atom. The highest BCUT2D eigenvalue weighted by Crippen LogP contribution is 2.09. The van der Waals surface area contributed by atoms with Crippen molar-refractivity contribution >= 4 is 17.9 Å². The van der Waals surface area contributed by atoms with Gasteiger partial charge in [-0.25, -0.2) is 4.79 Å². The molecule has 5 nitrogen and oxygen atoms in total. The molecule has 10 heavy (non-hydrogen) atoms. The lowest BCUT2D eigenvalue weighted by Gasteiger charge is -2.03. The highest BCUT2D eigenvalue weighted by Gasteiger charge is 2.34. The molecule has 0 atom stereocenters. The quantitative estimate of drug-likeness (QED) is 0.468. The van der Waals surface area contributed by atoms with Gasteiger partial charge in [0.25, 0.3) is 0 Å². The molecule has 1 aliphatic rings. The number of nitrogens with zero attached hydrogens (tertiary/aromatic N) is 1. The SMILES string of the molecule is O=C(O)N1C(=O)[CH]CC1=O. The van der Waals surface area contributed by atoms with Crippen LogP contribution in [0.3, 0.4) is 0 Å². The second-order valence-electron chi connectivity index (χ2n) is 1.76. The van der Waals surface area contributed by atoms with E-state index in [1.165, 1.54) is 0 Å². The van der Waals surface area contributed by atoms with Crippen LogP contribution in [0.1, 0.15) is 6.42 Å². The molecule has 0 unspecified atom stereocenters. The second kappa shape index (κ2) is 2.09. The third kappa shape index (κ3) is 0.854. The van der Waals surface area contributed by atoms with Crippen molar-refractivity contribution in [1.29, 1.82) is 0 Å². The maximum absolute atomic E-state index is 10.5. The van der Waals surface area contributed by atoms with Crippen molar-refractivity contribution in [3.63, 3.8) is 0 Å². The zero-order valence-corrected chi connectivity index (χ0v) is 4.90. The van der Waals surface area contributed by atoms with Crippen molar-refractivity contribution in [2.75, 3.05) is 0 Å². The topological polar surface area (TPSA) is 74.7 Å². The number of carbonyl (C=O) groups excluding carboxylic acids is 2. The van der Waals surface area contributed by atoms with Crippen LogP contribution in [0.4, 0.5) is 4.79 Å². The lowest BCUT2D eigenvalue weighted by atomic mass is 10.4. The van der Waals surface area contributed by atoms with Gasteiger partial charge in [-0.2, -0.15) is 4.90 Å². The summed E-state index contributed by atoms with van der Waals surface area (Å²) in [6.07, 6.45) is -0.578. The molecule has 0 saturated carbocycles. The van der Waals surface area contributed by atoms with E-state index in [4.69, 9.17) is 5.11 Å². The van der Waals surface area contributed by atoms with E-state index in [1.54, 1.807) is 0 Å². The van der Waals surface area contributed by atoms with Gasteiger partial charge in [0.2, 0.25) is 11.8 Å². The van der Waals surface area contributed by atoms with Crippen LogP contribution in [0.15, 0.2) is 0 Å². The van der Waals surface area contributed by atoms with E-state index >= 15 is 0 Å². The van der Waals surface area contributed by atoms with Crippen LogP contribution < -0.4 is 0 Å². The van der Waals surface area contributed by atoms with Crippen molar-refractivity contribution in [1.82, 2.24) is 4.90 Å². The predicted octanol–water partition coefficient (Wildman–Crippen LogP) is -0.372. The fourth-order valence-corrected chi connectivity index (χ4v) is 0.681. The lowest BCUT2D eigenvalue weighted by Crippen LogP contribution is -2.34. The Hall–Kier alpha value is -1.39. The van der Waals surface area contributed by atoms with Gasteiger partial charge in [-0.05, 0) is 0 Å². The van der Waals surface area contributed by atoms with Crippen LogP contribution in [0.25, 0.3) is 0 Å². The Kier molecular flexibility index (Phi) is 1.41. The van der Waals surface area contributed by atoms with Gasteiger partial charge in [0, 0.05) is 6.42 Å². The maximum Gasteiger partial charge on any atom is 0.421 e. The molecule has 0 aromatic rings. The third-order valence-electron chi connectivity index (χ3n) is 1.11. The van der Waals surface area contributed by atoms with Gasteiger partial charge in [-0.3, -0.25) is 9.59 Å². The summed E-state index contributed by atoms with van der Waals surface area (Å²) in [6.45, 7) is 0. The number of likely N-dealkylation sites (tertiary alicyclic amines) is 1. The first kappa shape index (κ1) is 6.73. The van der Waals surface area contributed by atoms with Gasteiger partial charge < -0.3 is 5.11 Å². The Labute approximate surface area is 56.2 Å². The molecule has 0 aromatic carbocycles. The number of rotatable bonds is 0. The summed E-state index contributed by atoms with van der Waals surface area (Å²) in [4.78, 5) is 31.3. The first-order chi connectivity index (χ1) is 4.63. The number of carbonyl (C=O) groups is 3. The Morgan fingerprint density at radius 1 is 1.60 bits per heavy atom. The van der Waals surface area contributed by atoms with E-state index in [1.807, 2.05) is 0 Å². The summed E-state index contributed by atoms with van der Waals surface area (Å²) in [7, 11) is 0. The fourth-order valence-electron chi connectivity index (χ4n) is 0.681. The molecule has 1 aliphatic heterocycles. The minimum atomic E-state index is -1.51. The molecule has 1 radical (unpaired) electrons. The molecule has 3 amide bonds. The summed E-state index contributed by atoms with van der Waals surface area (Å²) in [5.41, 5.74) is 0. The normalized spacial score (nSPS) is 18.2. The monoisotopic (exact) mass is 142 g/mol. The maximum atomic E-state index is 10.5. The number of hydrogen-bond donors (Lipinski definition) is 1. The van der Waals surface area contributed by atoms with Crippen LogP contribution in [0, 0.1) is 6.42 Å². The summed E-state index contributed by atoms with van der Waals surface area (Å²) in [5, 5.41) is 8.22. The largest absolute Gasteiger partial charge is 0.464 e. The Balaban J connectivity index is 2.82. The average molecular weight is 142 g/mol. The molecular weight excluding hydrogens is 138 g/mol. The Morgan fingerprint density at radius 3 is 2.40 bits per heavy atom. The van der Waals surface area contributed by atoms with Crippen molar-refractivity contribution in [2.24, 2.45) is 0 Å². The number of carboxylic acid groups (broad SMARTS) is 1. The Bertz CT molecular complexity index is 194. The smallest absolute Gasteiger partial charge is 0.421 e. The van der Waals surface area contributed by atoms with Gasteiger partial charge in [0.15, 0.2) is 0 Å². The van der Waals surface area contributed by atoms with E-state index < -0.39 is 17.9 Å². The second-order valence-corrected chi connectivity index (χ2v) is 1.76. The first-order valence-corrected chi connectivity index (χ1v) is 2.56. The molecule has 0 bridgehead atoms. The molecule has 1 N–H and O–H groups in total. The van der Waals surface area contributed by atoms with E-state index in [-0.39, 0.29) is 11.3 Å². The lowest BCUT2D eigenvalue weighted by molar-refractivity contribution is -0.134. The first-order valence-electron chi connectivity index (χ1n) is 2.56. The van der Waals surface area contributed by atoms with Gasteiger partial charge in [0.1, 0.15) is 0 Å². The zero-order chi connectivity index (χ0) is 7.72. The van der Waals surface area contributed by atoms with Gasteiger partial charge in [-0.15, -0.1) is 0 Å².